The van der Waals surface area contributed by atoms with Gasteiger partial charge in [0.05, 0.1) is 18.7 Å². The van der Waals surface area contributed by atoms with Gasteiger partial charge in [-0.1, -0.05) is 35.9 Å². The molecule has 3 aromatic carbocycles. The maximum atomic E-state index is 13.5. The first-order valence-corrected chi connectivity index (χ1v) is 11.1. The average molecular weight is 464 g/mol. The fraction of sp³-hybridized carbons (Fsp3) is 0.231. The number of rotatable bonds is 5. The number of fused-ring (bicyclic) bond motifs is 2. The summed E-state index contributed by atoms with van der Waals surface area (Å²) in [5, 5.41) is 12.0. The van der Waals surface area contributed by atoms with E-state index in [1.165, 1.54) is 4.90 Å². The summed E-state index contributed by atoms with van der Waals surface area (Å²) in [4.78, 5) is 28.3. The fourth-order valence-electron chi connectivity index (χ4n) is 4.36. The van der Waals surface area contributed by atoms with E-state index in [0.717, 1.165) is 11.1 Å². The Balaban J connectivity index is 1.49. The molecule has 0 saturated heterocycles. The smallest absolute Gasteiger partial charge is 0.264 e. The monoisotopic (exact) mass is 463 g/mol. The van der Waals surface area contributed by atoms with Crippen LogP contribution in [0, 0.1) is 6.92 Å². The second-order valence-electron chi connectivity index (χ2n) is 8.30. The van der Waals surface area contributed by atoms with Gasteiger partial charge in [0.1, 0.15) is 13.2 Å². The zero-order valence-corrected chi connectivity index (χ0v) is 18.8. The maximum absolute atomic E-state index is 13.5. The summed E-state index contributed by atoms with van der Waals surface area (Å²) < 4.78 is 11.1. The van der Waals surface area contributed by atoms with Gasteiger partial charge in [0.15, 0.2) is 22.9 Å². The summed E-state index contributed by atoms with van der Waals surface area (Å²) in [6.07, 6.45) is -0.414. The minimum Gasteiger partial charge on any atom is -0.486 e. The van der Waals surface area contributed by atoms with E-state index >= 15 is 0 Å². The number of ether oxygens (including phenoxy) is 2. The van der Waals surface area contributed by atoms with Gasteiger partial charge in [-0.25, -0.2) is 0 Å². The summed E-state index contributed by atoms with van der Waals surface area (Å²) in [6.45, 7) is 3.09. The molecule has 0 saturated carbocycles. The average Bonchev–Trinajstić information content (AvgIpc) is 3.01. The van der Waals surface area contributed by atoms with Crippen LogP contribution < -0.4 is 14.4 Å². The van der Waals surface area contributed by atoms with E-state index in [0.29, 0.717) is 46.5 Å². The number of aliphatic hydroxyl groups is 1. The van der Waals surface area contributed by atoms with Gasteiger partial charge in [-0.3, -0.25) is 9.59 Å². The minimum absolute atomic E-state index is 0.278. The minimum atomic E-state index is -2.02. The Morgan fingerprint density at radius 3 is 2.61 bits per heavy atom. The van der Waals surface area contributed by atoms with Crippen molar-refractivity contribution in [1.29, 1.82) is 0 Å². The van der Waals surface area contributed by atoms with Crippen molar-refractivity contribution in [3.05, 3.63) is 87.9 Å². The lowest BCUT2D eigenvalue weighted by Crippen LogP contribution is -2.41. The van der Waals surface area contributed by atoms with Crippen LogP contribution in [0.3, 0.4) is 0 Å². The number of carbonyl (C=O) groups excluding carboxylic acids is 2. The van der Waals surface area contributed by atoms with Gasteiger partial charge in [0.25, 0.3) is 5.91 Å². The van der Waals surface area contributed by atoms with E-state index in [2.05, 4.69) is 0 Å². The summed E-state index contributed by atoms with van der Waals surface area (Å²) >= 11 is 6.21. The molecule has 0 unspecified atom stereocenters. The van der Waals surface area contributed by atoms with Gasteiger partial charge >= 0.3 is 0 Å². The fourth-order valence-corrected chi connectivity index (χ4v) is 4.53. The number of ketones is 1. The highest BCUT2D eigenvalue weighted by Crippen LogP contribution is 2.45. The molecular formula is C26H22ClNO5. The van der Waals surface area contributed by atoms with E-state index in [4.69, 9.17) is 21.1 Å². The predicted octanol–water partition coefficient (Wildman–Crippen LogP) is 4.43. The standard InChI is InChI=1S/C26H22ClNO5/c1-16-4-2-3-5-18(16)15-28-21-8-7-19(27)13-20(21)26(31,25(28)30)14-22(29)17-6-9-23-24(12-17)33-11-10-32-23/h2-9,12-13,31H,10-11,14-15H2,1H3/t26-/m0/s1. The number of anilines is 1. The maximum Gasteiger partial charge on any atom is 0.264 e. The third kappa shape index (κ3) is 3.75. The largest absolute Gasteiger partial charge is 0.486 e. The van der Waals surface area contributed by atoms with Crippen molar-refractivity contribution in [2.75, 3.05) is 18.1 Å². The van der Waals surface area contributed by atoms with Gasteiger partial charge in [-0.05, 0) is 54.4 Å². The van der Waals surface area contributed by atoms with Crippen molar-refractivity contribution in [3.8, 4) is 11.5 Å². The van der Waals surface area contributed by atoms with Crippen molar-refractivity contribution in [1.82, 2.24) is 0 Å². The van der Waals surface area contributed by atoms with Crippen LogP contribution in [0.15, 0.2) is 60.7 Å². The van der Waals surface area contributed by atoms with Gasteiger partial charge in [-0.15, -0.1) is 0 Å². The van der Waals surface area contributed by atoms with E-state index in [-0.39, 0.29) is 12.3 Å². The molecular weight excluding hydrogens is 442 g/mol. The van der Waals surface area contributed by atoms with Crippen LogP contribution in [0.5, 0.6) is 11.5 Å². The van der Waals surface area contributed by atoms with Gasteiger partial charge in [0, 0.05) is 16.1 Å². The van der Waals surface area contributed by atoms with E-state index in [1.807, 2.05) is 31.2 Å². The van der Waals surface area contributed by atoms with E-state index < -0.39 is 17.9 Å². The highest BCUT2D eigenvalue weighted by molar-refractivity contribution is 6.31. The van der Waals surface area contributed by atoms with Gasteiger partial charge in [-0.2, -0.15) is 0 Å². The molecule has 5 rings (SSSR count). The quantitative estimate of drug-likeness (QED) is 0.566. The number of hydrogen-bond acceptors (Lipinski definition) is 5. The predicted molar refractivity (Wildman–Crippen MR) is 124 cm³/mol. The van der Waals surface area contributed by atoms with Crippen LogP contribution in [0.4, 0.5) is 5.69 Å². The van der Waals surface area contributed by atoms with E-state index in [9.17, 15) is 14.7 Å². The van der Waals surface area contributed by atoms with Crippen molar-refractivity contribution in [2.45, 2.75) is 25.5 Å². The number of Topliss-reactive ketones (excluding diaryl/α,β-unsaturated/α-hetero) is 1. The SMILES string of the molecule is Cc1ccccc1CN1C(=O)[C@](O)(CC(=O)c2ccc3c(c2)OCCO3)c2cc(Cl)ccc21. The zero-order valence-electron chi connectivity index (χ0n) is 18.0. The molecule has 2 heterocycles. The highest BCUT2D eigenvalue weighted by atomic mass is 35.5. The molecule has 2 aliphatic rings. The normalized spacial score (nSPS) is 18.9. The molecule has 0 aromatic heterocycles. The Kier molecular flexibility index (Phi) is 5.35. The number of benzene rings is 3. The Morgan fingerprint density at radius 2 is 1.82 bits per heavy atom. The molecule has 0 aliphatic carbocycles. The van der Waals surface area contributed by atoms with Gasteiger partial charge < -0.3 is 19.5 Å². The first-order chi connectivity index (χ1) is 15.9. The molecule has 1 N–H and O–H groups in total. The van der Waals surface area contributed by atoms with Crippen LogP contribution in [0.25, 0.3) is 0 Å². The van der Waals surface area contributed by atoms with Gasteiger partial charge in [0.2, 0.25) is 0 Å². The first-order valence-electron chi connectivity index (χ1n) is 10.7. The van der Waals surface area contributed by atoms with Crippen LogP contribution in [0.1, 0.15) is 33.5 Å². The van der Waals surface area contributed by atoms with Crippen LogP contribution in [-0.4, -0.2) is 30.0 Å². The molecule has 168 valence electrons. The Labute approximate surface area is 196 Å². The second-order valence-corrected chi connectivity index (χ2v) is 8.73. The van der Waals surface area contributed by atoms with Crippen LogP contribution >= 0.6 is 11.6 Å². The van der Waals surface area contributed by atoms with Crippen LogP contribution in [-0.2, 0) is 16.9 Å². The number of aryl methyl sites for hydroxylation is 1. The van der Waals surface area contributed by atoms with Crippen molar-refractivity contribution >= 4 is 29.0 Å². The topological polar surface area (TPSA) is 76.1 Å². The zero-order chi connectivity index (χ0) is 23.2. The summed E-state index contributed by atoms with van der Waals surface area (Å²) in [6, 6.07) is 17.6. The third-order valence-electron chi connectivity index (χ3n) is 6.16. The van der Waals surface area contributed by atoms with Crippen molar-refractivity contribution in [3.63, 3.8) is 0 Å². The highest BCUT2D eigenvalue weighted by Gasteiger charge is 2.51. The summed E-state index contributed by atoms with van der Waals surface area (Å²) in [5.74, 6) is 0.108. The molecule has 6 nitrogen and oxygen atoms in total. The van der Waals surface area contributed by atoms with Crippen molar-refractivity contribution < 1.29 is 24.2 Å². The number of halogens is 1. The summed E-state index contributed by atoms with van der Waals surface area (Å²) in [7, 11) is 0. The first kappa shape index (κ1) is 21.5. The molecule has 1 amide bonds. The van der Waals surface area contributed by atoms with E-state index in [1.54, 1.807) is 36.4 Å². The lowest BCUT2D eigenvalue weighted by atomic mass is 9.88. The number of amides is 1. The molecule has 0 radical (unpaired) electrons. The molecule has 1 atom stereocenters. The lowest BCUT2D eigenvalue weighted by molar-refractivity contribution is -0.136. The Hall–Kier alpha value is -3.35. The molecule has 0 bridgehead atoms. The molecule has 7 heteroatoms. The molecule has 0 fully saturated rings. The number of carbonyl (C=O) groups is 2. The molecule has 33 heavy (non-hydrogen) atoms. The Bertz CT molecular complexity index is 1270. The third-order valence-corrected chi connectivity index (χ3v) is 6.40. The second kappa shape index (κ2) is 8.21. The number of nitrogens with zero attached hydrogens (tertiary/aromatic N) is 1. The summed E-state index contributed by atoms with van der Waals surface area (Å²) in [5.41, 5.74) is 1.18. The van der Waals surface area contributed by atoms with Crippen LogP contribution in [0.2, 0.25) is 5.02 Å². The van der Waals surface area contributed by atoms with Crippen molar-refractivity contribution in [2.24, 2.45) is 0 Å². The molecule has 2 aliphatic heterocycles. The Morgan fingerprint density at radius 1 is 1.06 bits per heavy atom. The lowest BCUT2D eigenvalue weighted by Gasteiger charge is -2.24. The number of hydrogen-bond donors (Lipinski definition) is 1. The molecule has 3 aromatic rings. The molecule has 0 spiro atoms.